The van der Waals surface area contributed by atoms with E-state index < -0.39 is 0 Å². The maximum Gasteiger partial charge on any atom is 0.244 e. The van der Waals surface area contributed by atoms with Crippen molar-refractivity contribution in [3.8, 4) is 17.1 Å². The van der Waals surface area contributed by atoms with E-state index in [1.54, 1.807) is 0 Å². The zero-order valence-electron chi connectivity index (χ0n) is 15.2. The number of nitrogens with zero attached hydrogens (tertiary/aromatic N) is 2. The van der Waals surface area contributed by atoms with E-state index in [1.165, 1.54) is 0 Å². The molecule has 0 spiro atoms. The van der Waals surface area contributed by atoms with E-state index in [0.717, 1.165) is 47.4 Å². The summed E-state index contributed by atoms with van der Waals surface area (Å²) in [6.45, 7) is 5.67. The molecular formula is C21H23N3O2. The molecule has 5 heteroatoms. The van der Waals surface area contributed by atoms with Crippen LogP contribution >= 0.6 is 0 Å². The zero-order chi connectivity index (χ0) is 17.9. The van der Waals surface area contributed by atoms with Crippen LogP contribution in [0.2, 0.25) is 0 Å². The Balaban J connectivity index is 1.53. The van der Waals surface area contributed by atoms with E-state index in [9.17, 15) is 0 Å². The van der Waals surface area contributed by atoms with E-state index in [4.69, 9.17) is 9.26 Å². The summed E-state index contributed by atoms with van der Waals surface area (Å²) < 4.78 is 11.5. The molecule has 1 aliphatic heterocycles. The fourth-order valence-electron chi connectivity index (χ4n) is 3.43. The van der Waals surface area contributed by atoms with Crippen molar-refractivity contribution in [3.63, 3.8) is 0 Å². The maximum absolute atomic E-state index is 6.06. The second-order valence-corrected chi connectivity index (χ2v) is 6.82. The van der Waals surface area contributed by atoms with Gasteiger partial charge in [-0.15, -0.1) is 0 Å². The van der Waals surface area contributed by atoms with Crippen LogP contribution in [-0.4, -0.2) is 16.7 Å². The average molecular weight is 349 g/mol. The van der Waals surface area contributed by atoms with Crippen molar-refractivity contribution in [2.24, 2.45) is 0 Å². The van der Waals surface area contributed by atoms with Crippen LogP contribution in [0.5, 0.6) is 5.75 Å². The third kappa shape index (κ3) is 3.48. The van der Waals surface area contributed by atoms with Crippen LogP contribution < -0.4 is 10.1 Å². The first-order valence-corrected chi connectivity index (χ1v) is 9.06. The molecule has 26 heavy (non-hydrogen) atoms. The van der Waals surface area contributed by atoms with Gasteiger partial charge in [0.25, 0.3) is 0 Å². The molecule has 1 atom stereocenters. The van der Waals surface area contributed by atoms with Crippen LogP contribution in [0.25, 0.3) is 11.4 Å². The molecular weight excluding hydrogens is 326 g/mol. The van der Waals surface area contributed by atoms with Crippen LogP contribution in [0.1, 0.15) is 41.5 Å². The third-order valence-corrected chi connectivity index (χ3v) is 4.74. The van der Waals surface area contributed by atoms with Crippen LogP contribution in [-0.2, 0) is 6.61 Å². The fourth-order valence-corrected chi connectivity index (χ4v) is 3.43. The van der Waals surface area contributed by atoms with Gasteiger partial charge in [0.15, 0.2) is 0 Å². The predicted molar refractivity (Wildman–Crippen MR) is 100.0 cm³/mol. The first-order valence-electron chi connectivity index (χ1n) is 9.06. The highest BCUT2D eigenvalue weighted by Crippen LogP contribution is 2.31. The molecule has 0 amide bonds. The van der Waals surface area contributed by atoms with Crippen LogP contribution in [0.3, 0.4) is 0 Å². The number of benzene rings is 2. The van der Waals surface area contributed by atoms with Gasteiger partial charge in [-0.2, -0.15) is 4.98 Å². The summed E-state index contributed by atoms with van der Waals surface area (Å²) in [5, 5.41) is 7.56. The van der Waals surface area contributed by atoms with E-state index in [-0.39, 0.29) is 6.04 Å². The van der Waals surface area contributed by atoms with Gasteiger partial charge in [0, 0.05) is 5.56 Å². The number of rotatable bonds is 5. The lowest BCUT2D eigenvalue weighted by Gasteiger charge is -2.13. The zero-order valence-corrected chi connectivity index (χ0v) is 15.2. The molecule has 1 aromatic heterocycles. The summed E-state index contributed by atoms with van der Waals surface area (Å²) in [6.07, 6.45) is 2.19. The summed E-state index contributed by atoms with van der Waals surface area (Å²) in [6, 6.07) is 14.5. The van der Waals surface area contributed by atoms with Crippen LogP contribution in [0.15, 0.2) is 47.0 Å². The normalized spacial score (nSPS) is 16.8. The molecule has 134 valence electrons. The Labute approximate surface area is 153 Å². The molecule has 0 unspecified atom stereocenters. The largest absolute Gasteiger partial charge is 0.488 e. The minimum Gasteiger partial charge on any atom is -0.488 e. The minimum atomic E-state index is 0.187. The van der Waals surface area contributed by atoms with Gasteiger partial charge < -0.3 is 14.6 Å². The molecule has 5 nitrogen and oxygen atoms in total. The number of hydrogen-bond donors (Lipinski definition) is 1. The summed E-state index contributed by atoms with van der Waals surface area (Å²) in [5.74, 6) is 2.23. The third-order valence-electron chi connectivity index (χ3n) is 4.74. The van der Waals surface area contributed by atoms with Gasteiger partial charge in [-0.05, 0) is 62.1 Å². The number of aryl methyl sites for hydroxylation is 2. The Kier molecular flexibility index (Phi) is 4.71. The highest BCUT2D eigenvalue weighted by Gasteiger charge is 2.23. The first-order chi connectivity index (χ1) is 12.7. The molecule has 2 heterocycles. The maximum atomic E-state index is 6.06. The number of ether oxygens (including phenoxy) is 1. The minimum absolute atomic E-state index is 0.187. The monoisotopic (exact) mass is 349 g/mol. The average Bonchev–Trinajstić information content (AvgIpc) is 3.33. The first kappa shape index (κ1) is 16.8. The second-order valence-electron chi connectivity index (χ2n) is 6.82. The van der Waals surface area contributed by atoms with Gasteiger partial charge in [-0.3, -0.25) is 0 Å². The van der Waals surface area contributed by atoms with E-state index in [1.807, 2.05) is 18.2 Å². The Hall–Kier alpha value is -2.66. The fraction of sp³-hybridized carbons (Fsp3) is 0.333. The van der Waals surface area contributed by atoms with Crippen LogP contribution in [0.4, 0.5) is 0 Å². The SMILES string of the molecule is Cc1cc(-c2noc([C@@H]3CCCN3)n2)cc(C)c1OCc1ccccc1. The Morgan fingerprint density at radius 3 is 2.62 bits per heavy atom. The summed E-state index contributed by atoms with van der Waals surface area (Å²) >= 11 is 0. The standard InChI is InChI=1S/C21H23N3O2/c1-14-11-17(20-23-21(26-24-20)18-9-6-10-22-18)12-15(2)19(14)25-13-16-7-4-3-5-8-16/h3-5,7-8,11-12,18,22H,6,9-10,13H2,1-2H3/t18-/m0/s1. The molecule has 0 aliphatic carbocycles. The molecule has 0 saturated carbocycles. The van der Waals surface area contributed by atoms with E-state index in [0.29, 0.717) is 18.3 Å². The number of hydrogen-bond acceptors (Lipinski definition) is 5. The van der Waals surface area contributed by atoms with E-state index >= 15 is 0 Å². The summed E-state index contributed by atoms with van der Waals surface area (Å²) in [5.41, 5.74) is 4.25. The number of aromatic nitrogens is 2. The number of nitrogens with one attached hydrogen (secondary N) is 1. The summed E-state index contributed by atoms with van der Waals surface area (Å²) in [7, 11) is 0. The molecule has 1 aliphatic rings. The quantitative estimate of drug-likeness (QED) is 0.742. The Morgan fingerprint density at radius 1 is 1.15 bits per heavy atom. The van der Waals surface area contributed by atoms with Crippen molar-refractivity contribution in [2.45, 2.75) is 39.3 Å². The van der Waals surface area contributed by atoms with Crippen molar-refractivity contribution in [1.82, 2.24) is 15.5 Å². The van der Waals surface area contributed by atoms with Gasteiger partial charge in [-0.1, -0.05) is 35.5 Å². The van der Waals surface area contributed by atoms with Gasteiger partial charge in [0.2, 0.25) is 11.7 Å². The molecule has 1 N–H and O–H groups in total. The van der Waals surface area contributed by atoms with Crippen LogP contribution in [0, 0.1) is 13.8 Å². The summed E-state index contributed by atoms with van der Waals surface area (Å²) in [4.78, 5) is 4.59. The highest BCUT2D eigenvalue weighted by atomic mass is 16.5. The van der Waals surface area contributed by atoms with Crippen molar-refractivity contribution >= 4 is 0 Å². The molecule has 1 fully saturated rings. The Morgan fingerprint density at radius 2 is 1.92 bits per heavy atom. The molecule has 1 saturated heterocycles. The lowest BCUT2D eigenvalue weighted by Crippen LogP contribution is -2.12. The smallest absolute Gasteiger partial charge is 0.244 e. The lowest BCUT2D eigenvalue weighted by atomic mass is 10.1. The molecule has 4 rings (SSSR count). The molecule has 2 aromatic carbocycles. The van der Waals surface area contributed by atoms with E-state index in [2.05, 4.69) is 53.6 Å². The predicted octanol–water partition coefficient (Wildman–Crippen LogP) is 4.36. The molecule has 3 aromatic rings. The van der Waals surface area contributed by atoms with Crippen molar-refractivity contribution in [2.75, 3.05) is 6.54 Å². The molecule has 0 bridgehead atoms. The second kappa shape index (κ2) is 7.30. The van der Waals surface area contributed by atoms with Gasteiger partial charge in [0.05, 0.1) is 6.04 Å². The highest BCUT2D eigenvalue weighted by molar-refractivity contribution is 5.61. The Bertz CT molecular complexity index is 860. The topological polar surface area (TPSA) is 60.2 Å². The van der Waals surface area contributed by atoms with Gasteiger partial charge in [0.1, 0.15) is 12.4 Å². The van der Waals surface area contributed by atoms with Crippen molar-refractivity contribution in [1.29, 1.82) is 0 Å². The lowest BCUT2D eigenvalue weighted by molar-refractivity contribution is 0.302. The van der Waals surface area contributed by atoms with Gasteiger partial charge >= 0.3 is 0 Å². The molecule has 0 radical (unpaired) electrons. The van der Waals surface area contributed by atoms with Crippen molar-refractivity contribution in [3.05, 3.63) is 65.0 Å². The van der Waals surface area contributed by atoms with Gasteiger partial charge in [-0.25, -0.2) is 0 Å². The van der Waals surface area contributed by atoms with Crippen molar-refractivity contribution < 1.29 is 9.26 Å².